The number of hydrogen-bond donors (Lipinski definition) is 2. The van der Waals surface area contributed by atoms with Crippen molar-refractivity contribution >= 4 is 12.2 Å². The molecule has 0 aromatic carbocycles. The first kappa shape index (κ1) is 33.4. The first-order valence-electron chi connectivity index (χ1n) is 16.4. The molecule has 0 heterocycles. The van der Waals surface area contributed by atoms with Gasteiger partial charge in [0.2, 0.25) is 0 Å². The van der Waals surface area contributed by atoms with Gasteiger partial charge in [-0.2, -0.15) is 0 Å². The number of ether oxygens (including phenoxy) is 5. The summed E-state index contributed by atoms with van der Waals surface area (Å²) in [5.74, 6) is 16.7. The minimum Gasteiger partial charge on any atom is -0.449 e. The van der Waals surface area contributed by atoms with Crippen molar-refractivity contribution in [2.75, 3.05) is 59.3 Å². The van der Waals surface area contributed by atoms with Crippen LogP contribution in [0.1, 0.15) is 72.1 Å². The van der Waals surface area contributed by atoms with Crippen LogP contribution in [0.15, 0.2) is 0 Å². The summed E-state index contributed by atoms with van der Waals surface area (Å²) in [6, 6.07) is 0. The van der Waals surface area contributed by atoms with Crippen molar-refractivity contribution in [1.82, 2.24) is 10.6 Å². The molecule has 4 aliphatic carbocycles. The predicted molar refractivity (Wildman–Crippen MR) is 163 cm³/mol. The third-order valence-electron chi connectivity index (χ3n) is 9.13. The number of carbonyl (C=O) groups is 2. The Labute approximate surface area is 258 Å². The van der Waals surface area contributed by atoms with E-state index in [0.29, 0.717) is 94.8 Å². The summed E-state index contributed by atoms with van der Waals surface area (Å²) in [4.78, 5) is 24.1. The highest BCUT2D eigenvalue weighted by molar-refractivity contribution is 5.67. The van der Waals surface area contributed by atoms with Gasteiger partial charge in [-0.05, 0) is 75.0 Å². The molecule has 2 amide bonds. The Morgan fingerprint density at radius 1 is 0.721 bits per heavy atom. The zero-order chi connectivity index (χ0) is 30.5. The Balaban J connectivity index is 0.930. The molecule has 4 aliphatic rings. The molecule has 240 valence electrons. The molecule has 9 heteroatoms. The monoisotopic (exact) mass is 600 g/mol. The maximum Gasteiger partial charge on any atom is 0.407 e. The second-order valence-corrected chi connectivity index (χ2v) is 13.2. The Kier molecular flexibility index (Phi) is 13.3. The number of alkyl carbamates (subject to hydrolysis) is 2. The van der Waals surface area contributed by atoms with Gasteiger partial charge < -0.3 is 34.3 Å². The summed E-state index contributed by atoms with van der Waals surface area (Å²) in [6.07, 6.45) is 7.59. The van der Waals surface area contributed by atoms with Gasteiger partial charge in [-0.1, -0.05) is 6.92 Å². The van der Waals surface area contributed by atoms with Crippen LogP contribution < -0.4 is 10.6 Å². The summed E-state index contributed by atoms with van der Waals surface area (Å²) in [7, 11) is 0. The van der Waals surface area contributed by atoms with Gasteiger partial charge in [-0.15, -0.1) is 23.7 Å². The highest BCUT2D eigenvalue weighted by Crippen LogP contribution is 2.53. The normalized spacial score (nSPS) is 27.9. The van der Waals surface area contributed by atoms with Gasteiger partial charge in [0.15, 0.2) is 0 Å². The molecular formula is C34H52N2O7. The van der Waals surface area contributed by atoms with Gasteiger partial charge in [-0.25, -0.2) is 9.59 Å². The van der Waals surface area contributed by atoms with E-state index in [4.69, 9.17) is 23.7 Å². The standard InChI is InChI=1S/C34H52N2O7/c1-25(20-39-18-16-35-32(37)41-22-30-26-12-8-4-5-9-13-27(26)30)21-43-34(2,3)24-40-19-17-36-33(38)42-23-31-28-14-10-6-7-11-15-29(28)31/h25-31H,8-24H2,1-3H3,(H,35,37)(H,36,38)/t25?,26-,27+,28-,29+,30?,31?. The highest BCUT2D eigenvalue weighted by Gasteiger charge is 2.50. The van der Waals surface area contributed by atoms with Crippen LogP contribution in [-0.2, 0) is 23.7 Å². The van der Waals surface area contributed by atoms with E-state index in [1.165, 1.54) is 0 Å². The molecule has 7 atom stereocenters. The van der Waals surface area contributed by atoms with Crippen LogP contribution in [0.3, 0.4) is 0 Å². The molecule has 0 radical (unpaired) electrons. The number of rotatable bonds is 17. The van der Waals surface area contributed by atoms with Crippen LogP contribution >= 0.6 is 0 Å². The number of carbonyl (C=O) groups excluding carboxylic acids is 2. The summed E-state index contributed by atoms with van der Waals surface area (Å²) < 4.78 is 28.4. The summed E-state index contributed by atoms with van der Waals surface area (Å²) >= 11 is 0. The molecule has 4 rings (SSSR count). The molecule has 2 N–H and O–H groups in total. The van der Waals surface area contributed by atoms with E-state index in [-0.39, 0.29) is 18.1 Å². The number of amides is 2. The van der Waals surface area contributed by atoms with Gasteiger partial charge in [0, 0.05) is 44.7 Å². The van der Waals surface area contributed by atoms with Crippen molar-refractivity contribution in [3.63, 3.8) is 0 Å². The summed E-state index contributed by atoms with van der Waals surface area (Å²) in [5.41, 5.74) is -0.464. The van der Waals surface area contributed by atoms with E-state index in [1.54, 1.807) is 0 Å². The molecule has 0 saturated heterocycles. The van der Waals surface area contributed by atoms with E-state index in [1.807, 2.05) is 13.8 Å². The largest absolute Gasteiger partial charge is 0.449 e. The fourth-order valence-corrected chi connectivity index (χ4v) is 6.52. The van der Waals surface area contributed by atoms with Crippen molar-refractivity contribution in [2.24, 2.45) is 41.4 Å². The molecule has 0 bridgehead atoms. The predicted octanol–water partition coefficient (Wildman–Crippen LogP) is 4.78. The van der Waals surface area contributed by atoms with Gasteiger partial charge in [0.1, 0.15) is 0 Å². The van der Waals surface area contributed by atoms with E-state index in [2.05, 4.69) is 41.2 Å². The first-order chi connectivity index (χ1) is 20.8. The molecule has 43 heavy (non-hydrogen) atoms. The second kappa shape index (κ2) is 17.1. The lowest BCUT2D eigenvalue weighted by Gasteiger charge is -2.27. The third kappa shape index (κ3) is 11.9. The smallest absolute Gasteiger partial charge is 0.407 e. The average molecular weight is 601 g/mol. The van der Waals surface area contributed by atoms with Crippen molar-refractivity contribution in [2.45, 2.75) is 77.7 Å². The molecule has 0 aromatic rings. The van der Waals surface area contributed by atoms with E-state index in [9.17, 15) is 9.59 Å². The lowest BCUT2D eigenvalue weighted by Crippen LogP contribution is -2.35. The molecule has 3 unspecified atom stereocenters. The van der Waals surface area contributed by atoms with Crippen molar-refractivity contribution in [3.8, 4) is 23.7 Å². The number of hydrogen-bond acceptors (Lipinski definition) is 7. The number of nitrogens with one attached hydrogen (secondary N) is 2. The lowest BCUT2D eigenvalue weighted by molar-refractivity contribution is -0.0900. The van der Waals surface area contributed by atoms with Crippen LogP contribution in [0.25, 0.3) is 0 Å². The van der Waals surface area contributed by atoms with E-state index >= 15 is 0 Å². The zero-order valence-corrected chi connectivity index (χ0v) is 26.4. The minimum atomic E-state index is -0.464. The Morgan fingerprint density at radius 2 is 1.16 bits per heavy atom. The van der Waals surface area contributed by atoms with Crippen LogP contribution in [-0.4, -0.2) is 77.1 Å². The Hall–Kier alpha value is -2.46. The van der Waals surface area contributed by atoms with Crippen molar-refractivity contribution in [1.29, 1.82) is 0 Å². The second-order valence-electron chi connectivity index (χ2n) is 13.2. The maximum atomic E-state index is 12.1. The fourth-order valence-electron chi connectivity index (χ4n) is 6.52. The molecule has 2 saturated carbocycles. The summed E-state index contributed by atoms with van der Waals surface area (Å²) in [5, 5.41) is 5.55. The van der Waals surface area contributed by atoms with Crippen molar-refractivity contribution < 1.29 is 33.3 Å². The average Bonchev–Trinajstić information content (AvgIpc) is 3.81. The van der Waals surface area contributed by atoms with E-state index in [0.717, 1.165) is 51.4 Å². The first-order valence-corrected chi connectivity index (χ1v) is 16.4. The van der Waals surface area contributed by atoms with E-state index < -0.39 is 5.60 Å². The molecule has 0 aromatic heterocycles. The Morgan fingerprint density at radius 3 is 1.63 bits per heavy atom. The minimum absolute atomic E-state index is 0.189. The van der Waals surface area contributed by atoms with Gasteiger partial charge >= 0.3 is 12.2 Å². The molecule has 0 aliphatic heterocycles. The fraction of sp³-hybridized carbons (Fsp3) is 0.824. The SMILES string of the molecule is CC(COCCNC(=O)OCC1[C@H]2CCC#CCC[C@@H]12)COC(C)(C)COCCNC(=O)OCC1[C@H]2CCC#CCC[C@@H]12. The molecule has 0 spiro atoms. The van der Waals surface area contributed by atoms with Crippen LogP contribution in [0.5, 0.6) is 0 Å². The molecule has 9 nitrogen and oxygen atoms in total. The Bertz CT molecular complexity index is 989. The quantitative estimate of drug-likeness (QED) is 0.183. The number of fused-ring (bicyclic) bond motifs is 2. The van der Waals surface area contributed by atoms with Crippen LogP contribution in [0.4, 0.5) is 9.59 Å². The highest BCUT2D eigenvalue weighted by atomic mass is 16.6. The van der Waals surface area contributed by atoms with Crippen LogP contribution in [0, 0.1) is 65.1 Å². The summed E-state index contributed by atoms with van der Waals surface area (Å²) in [6.45, 7) is 10.1. The zero-order valence-electron chi connectivity index (χ0n) is 26.4. The third-order valence-corrected chi connectivity index (χ3v) is 9.13. The van der Waals surface area contributed by atoms with Crippen LogP contribution in [0.2, 0.25) is 0 Å². The van der Waals surface area contributed by atoms with Crippen molar-refractivity contribution in [3.05, 3.63) is 0 Å². The topological polar surface area (TPSA) is 104 Å². The maximum absolute atomic E-state index is 12.1. The van der Waals surface area contributed by atoms with Gasteiger partial charge in [0.25, 0.3) is 0 Å². The lowest BCUT2D eigenvalue weighted by atomic mass is 10.1. The molecule has 2 fully saturated rings. The van der Waals surface area contributed by atoms with Gasteiger partial charge in [-0.3, -0.25) is 0 Å². The molecular weight excluding hydrogens is 548 g/mol. The van der Waals surface area contributed by atoms with Gasteiger partial charge in [0.05, 0.1) is 51.8 Å².